The Morgan fingerprint density at radius 3 is 2.64 bits per heavy atom. The van der Waals surface area contributed by atoms with E-state index < -0.39 is 18.4 Å². The molecule has 2 aromatic rings. The predicted molar refractivity (Wildman–Crippen MR) is 123 cm³/mol. The lowest BCUT2D eigenvalue weighted by Gasteiger charge is -2.25. The van der Waals surface area contributed by atoms with Crippen molar-refractivity contribution in [3.8, 4) is 0 Å². The highest BCUT2D eigenvalue weighted by molar-refractivity contribution is 5.96. The Morgan fingerprint density at radius 1 is 1.24 bits per heavy atom. The first-order chi connectivity index (χ1) is 15.7. The fourth-order valence-electron chi connectivity index (χ4n) is 3.81. The summed E-state index contributed by atoms with van der Waals surface area (Å²) in [7, 11) is 1.75. The van der Waals surface area contributed by atoms with Crippen LogP contribution >= 0.6 is 0 Å². The van der Waals surface area contributed by atoms with Crippen molar-refractivity contribution in [1.29, 1.82) is 0 Å². The number of nitrogens with one attached hydrogen (secondary N) is 1. The average molecular weight is 452 g/mol. The van der Waals surface area contributed by atoms with Gasteiger partial charge in [-0.3, -0.25) is 14.6 Å². The molecule has 8 heteroatoms. The molecule has 1 aliphatic rings. The van der Waals surface area contributed by atoms with Gasteiger partial charge in [-0.1, -0.05) is 19.9 Å². The second-order valence-electron chi connectivity index (χ2n) is 8.92. The van der Waals surface area contributed by atoms with Gasteiger partial charge < -0.3 is 25.0 Å². The number of anilines is 1. The number of pyridine rings is 1. The lowest BCUT2D eigenvalue weighted by atomic mass is 10.1. The smallest absolute Gasteiger partial charge is 0.253 e. The SMILES string of the molecule is CC(C)CCN1Cc2ccc(C(=O)N(C)CCc3ccncc3)cc2NC(CC(=O)[O-])C1=O. The first-order valence-corrected chi connectivity index (χ1v) is 11.3. The van der Waals surface area contributed by atoms with Gasteiger partial charge in [0, 0.05) is 62.7 Å². The lowest BCUT2D eigenvalue weighted by molar-refractivity contribution is -0.305. The number of fused-ring (bicyclic) bond motifs is 1. The molecule has 0 saturated carbocycles. The molecule has 1 aliphatic heterocycles. The summed E-state index contributed by atoms with van der Waals surface area (Å²) in [5, 5.41) is 14.3. The summed E-state index contributed by atoms with van der Waals surface area (Å²) in [6, 6.07) is 8.22. The van der Waals surface area contributed by atoms with Gasteiger partial charge in [0.2, 0.25) is 5.91 Å². The number of hydrogen-bond acceptors (Lipinski definition) is 6. The number of amides is 2. The number of carbonyl (C=O) groups excluding carboxylic acids is 3. The summed E-state index contributed by atoms with van der Waals surface area (Å²) in [5.74, 6) is -1.29. The summed E-state index contributed by atoms with van der Waals surface area (Å²) < 4.78 is 0. The predicted octanol–water partition coefficient (Wildman–Crippen LogP) is 1.71. The number of carbonyl (C=O) groups is 3. The minimum atomic E-state index is -1.30. The molecule has 2 heterocycles. The number of aliphatic carboxylic acids is 1. The second-order valence-corrected chi connectivity index (χ2v) is 8.92. The van der Waals surface area contributed by atoms with Crippen LogP contribution in [0.2, 0.25) is 0 Å². The van der Waals surface area contributed by atoms with E-state index in [2.05, 4.69) is 24.1 Å². The van der Waals surface area contributed by atoms with Crippen LogP contribution in [-0.4, -0.2) is 58.7 Å². The van der Waals surface area contributed by atoms with E-state index in [1.54, 1.807) is 41.4 Å². The molecule has 176 valence electrons. The fourth-order valence-corrected chi connectivity index (χ4v) is 3.81. The minimum absolute atomic E-state index is 0.141. The van der Waals surface area contributed by atoms with E-state index in [1.807, 2.05) is 18.2 Å². The fraction of sp³-hybridized carbons (Fsp3) is 0.440. The zero-order valence-electron chi connectivity index (χ0n) is 19.4. The number of benzene rings is 1. The highest BCUT2D eigenvalue weighted by Gasteiger charge is 2.29. The normalized spacial score (nSPS) is 15.6. The number of carboxylic acid groups (broad SMARTS) is 1. The van der Waals surface area contributed by atoms with Crippen LogP contribution in [0, 0.1) is 5.92 Å². The maximum Gasteiger partial charge on any atom is 0.253 e. The molecule has 33 heavy (non-hydrogen) atoms. The van der Waals surface area contributed by atoms with Crippen molar-refractivity contribution < 1.29 is 19.5 Å². The van der Waals surface area contributed by atoms with Crippen LogP contribution in [0.1, 0.15) is 48.2 Å². The minimum Gasteiger partial charge on any atom is -0.550 e. The van der Waals surface area contributed by atoms with Crippen LogP contribution in [0.3, 0.4) is 0 Å². The van der Waals surface area contributed by atoms with Crippen LogP contribution in [0.25, 0.3) is 0 Å². The molecular weight excluding hydrogens is 420 g/mol. The largest absolute Gasteiger partial charge is 0.550 e. The Kier molecular flexibility index (Phi) is 8.03. The van der Waals surface area contributed by atoms with Gasteiger partial charge in [0.15, 0.2) is 0 Å². The van der Waals surface area contributed by atoms with E-state index in [0.717, 1.165) is 17.5 Å². The van der Waals surface area contributed by atoms with E-state index in [1.165, 1.54) is 0 Å². The number of rotatable bonds is 9. The highest BCUT2D eigenvalue weighted by Crippen LogP contribution is 2.26. The van der Waals surface area contributed by atoms with Crippen molar-refractivity contribution in [2.75, 3.05) is 25.5 Å². The average Bonchev–Trinajstić information content (AvgIpc) is 2.91. The van der Waals surface area contributed by atoms with Gasteiger partial charge in [-0.15, -0.1) is 0 Å². The molecule has 1 N–H and O–H groups in total. The number of aromatic nitrogens is 1. The molecule has 0 radical (unpaired) electrons. The Morgan fingerprint density at radius 2 is 1.97 bits per heavy atom. The molecule has 0 fully saturated rings. The van der Waals surface area contributed by atoms with Crippen molar-refractivity contribution in [2.24, 2.45) is 5.92 Å². The highest BCUT2D eigenvalue weighted by atomic mass is 16.4. The monoisotopic (exact) mass is 451 g/mol. The molecule has 1 unspecified atom stereocenters. The van der Waals surface area contributed by atoms with Crippen LogP contribution in [-0.2, 0) is 22.6 Å². The quantitative estimate of drug-likeness (QED) is 0.622. The summed E-state index contributed by atoms with van der Waals surface area (Å²) in [6.07, 6.45) is 4.55. The maximum atomic E-state index is 13.0. The molecule has 3 rings (SSSR count). The van der Waals surface area contributed by atoms with Crippen molar-refractivity contribution in [1.82, 2.24) is 14.8 Å². The van der Waals surface area contributed by atoms with Crippen molar-refractivity contribution in [3.63, 3.8) is 0 Å². The summed E-state index contributed by atoms with van der Waals surface area (Å²) in [6.45, 7) is 5.61. The van der Waals surface area contributed by atoms with Gasteiger partial charge >= 0.3 is 0 Å². The van der Waals surface area contributed by atoms with Crippen molar-refractivity contribution in [2.45, 2.75) is 45.7 Å². The molecule has 1 aromatic heterocycles. The van der Waals surface area contributed by atoms with Crippen molar-refractivity contribution in [3.05, 3.63) is 59.4 Å². The molecule has 0 saturated heterocycles. The Bertz CT molecular complexity index is 993. The molecular formula is C25H31N4O4-. The van der Waals surface area contributed by atoms with Gasteiger partial charge in [-0.2, -0.15) is 0 Å². The standard InChI is InChI=1S/C25H32N4O4/c1-17(2)8-13-29-16-20-5-4-19(14-21(20)27-22(25(29)33)15-23(30)31)24(32)28(3)12-9-18-6-10-26-11-7-18/h4-7,10-11,14,17,22,27H,8-9,12-13,15-16H2,1-3H3,(H,30,31)/p-1. The zero-order valence-corrected chi connectivity index (χ0v) is 19.4. The molecule has 2 amide bonds. The van der Waals surface area contributed by atoms with E-state index in [4.69, 9.17) is 0 Å². The number of nitrogens with zero attached hydrogens (tertiary/aromatic N) is 3. The van der Waals surface area contributed by atoms with Gasteiger partial charge in [-0.25, -0.2) is 0 Å². The van der Waals surface area contributed by atoms with Crippen LogP contribution in [0.4, 0.5) is 5.69 Å². The Labute approximate surface area is 194 Å². The third-order valence-corrected chi connectivity index (χ3v) is 5.84. The number of hydrogen-bond donors (Lipinski definition) is 1. The summed E-state index contributed by atoms with van der Waals surface area (Å²) in [5.41, 5.74) is 3.03. The number of likely N-dealkylation sites (N-methyl/N-ethyl adjacent to an activating group) is 1. The van der Waals surface area contributed by atoms with E-state index in [0.29, 0.717) is 43.2 Å². The topological polar surface area (TPSA) is 106 Å². The molecule has 1 atom stereocenters. The zero-order chi connectivity index (χ0) is 24.0. The Hall–Kier alpha value is -3.42. The second kappa shape index (κ2) is 10.9. The molecule has 8 nitrogen and oxygen atoms in total. The molecule has 0 bridgehead atoms. The summed E-state index contributed by atoms with van der Waals surface area (Å²) in [4.78, 5) is 44.6. The Balaban J connectivity index is 1.78. The van der Waals surface area contributed by atoms with Gasteiger partial charge in [0.05, 0.1) is 0 Å². The first kappa shape index (κ1) is 24.2. The van der Waals surface area contributed by atoms with E-state index in [9.17, 15) is 19.5 Å². The maximum absolute atomic E-state index is 13.0. The molecule has 0 aliphatic carbocycles. The van der Waals surface area contributed by atoms with E-state index in [-0.39, 0.29) is 11.8 Å². The van der Waals surface area contributed by atoms with Gasteiger partial charge in [0.25, 0.3) is 5.91 Å². The molecule has 0 spiro atoms. The van der Waals surface area contributed by atoms with E-state index >= 15 is 0 Å². The third kappa shape index (κ3) is 6.54. The summed E-state index contributed by atoms with van der Waals surface area (Å²) >= 11 is 0. The lowest BCUT2D eigenvalue weighted by Crippen LogP contribution is -2.44. The first-order valence-electron chi connectivity index (χ1n) is 11.3. The number of carboxylic acids is 1. The van der Waals surface area contributed by atoms with Crippen LogP contribution < -0.4 is 10.4 Å². The van der Waals surface area contributed by atoms with Gasteiger partial charge in [-0.05, 0) is 54.2 Å². The van der Waals surface area contributed by atoms with Gasteiger partial charge in [0.1, 0.15) is 6.04 Å². The van der Waals surface area contributed by atoms with Crippen LogP contribution in [0.5, 0.6) is 0 Å². The molecule has 1 aromatic carbocycles. The van der Waals surface area contributed by atoms with Crippen LogP contribution in [0.15, 0.2) is 42.7 Å². The van der Waals surface area contributed by atoms with Crippen molar-refractivity contribution >= 4 is 23.5 Å². The third-order valence-electron chi connectivity index (χ3n) is 5.84.